The molecule has 0 atom stereocenters. The summed E-state index contributed by atoms with van der Waals surface area (Å²) in [5, 5.41) is 3.29. The summed E-state index contributed by atoms with van der Waals surface area (Å²) in [6, 6.07) is 8.28. The quantitative estimate of drug-likeness (QED) is 0.492. The molecule has 1 aromatic carbocycles. The summed E-state index contributed by atoms with van der Waals surface area (Å²) in [7, 11) is 0. The van der Waals surface area contributed by atoms with Gasteiger partial charge in [0.2, 0.25) is 0 Å². The van der Waals surface area contributed by atoms with Gasteiger partial charge in [0.05, 0.1) is 6.54 Å². The summed E-state index contributed by atoms with van der Waals surface area (Å²) in [6.07, 6.45) is 6.32. The Morgan fingerprint density at radius 2 is 2.15 bits per heavy atom. The lowest BCUT2D eigenvalue weighted by Gasteiger charge is -2.23. The predicted molar refractivity (Wildman–Crippen MR) is 86.1 cm³/mol. The molecule has 20 heavy (non-hydrogen) atoms. The fourth-order valence-corrected chi connectivity index (χ4v) is 2.77. The number of rotatable bonds is 5. The molecule has 1 aliphatic carbocycles. The van der Waals surface area contributed by atoms with Gasteiger partial charge in [-0.25, -0.2) is 4.99 Å². The number of halogens is 1. The van der Waals surface area contributed by atoms with Gasteiger partial charge in [-0.2, -0.15) is 0 Å². The molecule has 0 bridgehead atoms. The third kappa shape index (κ3) is 5.41. The van der Waals surface area contributed by atoms with Crippen LogP contribution in [0.15, 0.2) is 33.7 Å². The second-order valence-electron chi connectivity index (χ2n) is 5.05. The van der Waals surface area contributed by atoms with E-state index in [2.05, 4.69) is 26.2 Å². The monoisotopic (exact) mass is 339 g/mol. The van der Waals surface area contributed by atoms with Crippen molar-refractivity contribution in [3.05, 3.63) is 28.7 Å². The Balaban J connectivity index is 1.67. The van der Waals surface area contributed by atoms with Crippen LogP contribution in [0.25, 0.3) is 0 Å². The van der Waals surface area contributed by atoms with Crippen LogP contribution in [0.3, 0.4) is 0 Å². The first-order chi connectivity index (χ1) is 9.74. The minimum atomic E-state index is 0.499. The van der Waals surface area contributed by atoms with Crippen LogP contribution in [0, 0.1) is 0 Å². The van der Waals surface area contributed by atoms with Crippen molar-refractivity contribution in [2.75, 3.05) is 13.2 Å². The van der Waals surface area contributed by atoms with Crippen LogP contribution in [0.2, 0.25) is 0 Å². The molecule has 1 aromatic rings. The number of aliphatic imine (C=N–C) groups is 1. The second kappa shape index (κ2) is 8.15. The Hall–Kier alpha value is -1.23. The zero-order valence-electron chi connectivity index (χ0n) is 11.6. The van der Waals surface area contributed by atoms with Gasteiger partial charge in [-0.15, -0.1) is 0 Å². The molecule has 0 heterocycles. The predicted octanol–water partition coefficient (Wildman–Crippen LogP) is 3.06. The number of ether oxygens (including phenoxy) is 1. The molecule has 0 spiro atoms. The average Bonchev–Trinajstić information content (AvgIpc) is 2.45. The highest BCUT2D eigenvalue weighted by atomic mass is 79.9. The standard InChI is InChI=1S/C15H22BrN3O/c16-12-5-4-8-14(11-12)20-10-9-18-15(17)19-13-6-2-1-3-7-13/h4-5,8,11,13H,1-3,6-7,9-10H2,(H3,17,18,19). The van der Waals surface area contributed by atoms with Crippen molar-refractivity contribution in [2.45, 2.75) is 38.1 Å². The van der Waals surface area contributed by atoms with Gasteiger partial charge in [0.15, 0.2) is 5.96 Å². The zero-order valence-corrected chi connectivity index (χ0v) is 13.2. The lowest BCUT2D eigenvalue weighted by molar-refractivity contribution is 0.328. The van der Waals surface area contributed by atoms with Crippen LogP contribution in [0.1, 0.15) is 32.1 Å². The van der Waals surface area contributed by atoms with Crippen LogP contribution in [0.4, 0.5) is 0 Å². The largest absolute Gasteiger partial charge is 0.492 e. The maximum Gasteiger partial charge on any atom is 0.188 e. The highest BCUT2D eigenvalue weighted by Gasteiger charge is 2.12. The molecule has 0 saturated heterocycles. The van der Waals surface area contributed by atoms with E-state index in [1.807, 2.05) is 24.3 Å². The number of guanidine groups is 1. The Morgan fingerprint density at radius 3 is 2.90 bits per heavy atom. The summed E-state index contributed by atoms with van der Waals surface area (Å²) in [4.78, 5) is 4.30. The molecule has 110 valence electrons. The van der Waals surface area contributed by atoms with Crippen LogP contribution in [-0.2, 0) is 0 Å². The summed E-state index contributed by atoms with van der Waals surface area (Å²) in [6.45, 7) is 1.10. The smallest absolute Gasteiger partial charge is 0.188 e. The van der Waals surface area contributed by atoms with Gasteiger partial charge in [0.1, 0.15) is 12.4 Å². The Bertz CT molecular complexity index is 444. The topological polar surface area (TPSA) is 59.6 Å². The molecule has 2 rings (SSSR count). The summed E-state index contributed by atoms with van der Waals surface area (Å²) in [5.74, 6) is 1.38. The minimum absolute atomic E-state index is 0.499. The maximum absolute atomic E-state index is 5.88. The summed E-state index contributed by atoms with van der Waals surface area (Å²) < 4.78 is 6.62. The van der Waals surface area contributed by atoms with E-state index in [-0.39, 0.29) is 0 Å². The maximum atomic E-state index is 5.88. The van der Waals surface area contributed by atoms with Gasteiger partial charge < -0.3 is 15.8 Å². The van der Waals surface area contributed by atoms with E-state index in [1.54, 1.807) is 0 Å². The Kier molecular flexibility index (Phi) is 6.18. The van der Waals surface area contributed by atoms with Crippen LogP contribution in [0.5, 0.6) is 5.75 Å². The number of nitrogens with zero attached hydrogens (tertiary/aromatic N) is 1. The number of hydrogen-bond donors (Lipinski definition) is 2. The molecule has 5 heteroatoms. The fraction of sp³-hybridized carbons (Fsp3) is 0.533. The van der Waals surface area contributed by atoms with Crippen molar-refractivity contribution in [3.8, 4) is 5.75 Å². The average molecular weight is 340 g/mol. The number of benzene rings is 1. The van der Waals surface area contributed by atoms with E-state index in [1.165, 1.54) is 32.1 Å². The molecular weight excluding hydrogens is 318 g/mol. The molecular formula is C15H22BrN3O. The molecule has 4 nitrogen and oxygen atoms in total. The molecule has 0 radical (unpaired) electrons. The lowest BCUT2D eigenvalue weighted by atomic mass is 9.96. The molecule has 0 unspecified atom stereocenters. The van der Waals surface area contributed by atoms with E-state index in [0.29, 0.717) is 25.2 Å². The van der Waals surface area contributed by atoms with Crippen LogP contribution >= 0.6 is 15.9 Å². The number of nitrogens with two attached hydrogens (primary N) is 1. The first kappa shape index (κ1) is 15.2. The highest BCUT2D eigenvalue weighted by molar-refractivity contribution is 9.10. The van der Waals surface area contributed by atoms with Crippen molar-refractivity contribution in [1.29, 1.82) is 0 Å². The van der Waals surface area contributed by atoms with Gasteiger partial charge in [0, 0.05) is 10.5 Å². The molecule has 3 N–H and O–H groups in total. The second-order valence-corrected chi connectivity index (χ2v) is 5.97. The van der Waals surface area contributed by atoms with Gasteiger partial charge in [-0.05, 0) is 31.0 Å². The molecule has 1 fully saturated rings. The Labute approximate surface area is 128 Å². The first-order valence-corrected chi connectivity index (χ1v) is 7.98. The van der Waals surface area contributed by atoms with Gasteiger partial charge >= 0.3 is 0 Å². The van der Waals surface area contributed by atoms with E-state index < -0.39 is 0 Å². The fourth-order valence-electron chi connectivity index (χ4n) is 2.39. The van der Waals surface area contributed by atoms with E-state index in [4.69, 9.17) is 10.5 Å². The number of nitrogens with one attached hydrogen (secondary N) is 1. The minimum Gasteiger partial charge on any atom is -0.492 e. The van der Waals surface area contributed by atoms with Crippen LogP contribution in [-0.4, -0.2) is 25.2 Å². The molecule has 0 aromatic heterocycles. The van der Waals surface area contributed by atoms with E-state index >= 15 is 0 Å². The van der Waals surface area contributed by atoms with Crippen molar-refractivity contribution in [1.82, 2.24) is 5.32 Å². The number of hydrogen-bond acceptors (Lipinski definition) is 2. The highest BCUT2D eigenvalue weighted by Crippen LogP contribution is 2.18. The van der Waals surface area contributed by atoms with E-state index in [9.17, 15) is 0 Å². The summed E-state index contributed by atoms with van der Waals surface area (Å²) in [5.41, 5.74) is 5.88. The third-order valence-corrected chi connectivity index (χ3v) is 3.89. The molecule has 0 aliphatic heterocycles. The molecule has 1 saturated carbocycles. The van der Waals surface area contributed by atoms with Crippen molar-refractivity contribution in [2.24, 2.45) is 10.7 Å². The SMILES string of the molecule is NC(=NCCOc1cccc(Br)c1)NC1CCCCC1. The molecule has 1 aliphatic rings. The van der Waals surface area contributed by atoms with Crippen molar-refractivity contribution >= 4 is 21.9 Å². The van der Waals surface area contributed by atoms with Gasteiger partial charge in [0.25, 0.3) is 0 Å². The third-order valence-electron chi connectivity index (χ3n) is 3.40. The normalized spacial score (nSPS) is 16.9. The van der Waals surface area contributed by atoms with Crippen molar-refractivity contribution in [3.63, 3.8) is 0 Å². The molecule has 0 amide bonds. The van der Waals surface area contributed by atoms with Gasteiger partial charge in [-0.1, -0.05) is 41.3 Å². The lowest BCUT2D eigenvalue weighted by Crippen LogP contribution is -2.41. The summed E-state index contributed by atoms with van der Waals surface area (Å²) >= 11 is 3.41. The van der Waals surface area contributed by atoms with E-state index in [0.717, 1.165) is 10.2 Å². The van der Waals surface area contributed by atoms with Crippen LogP contribution < -0.4 is 15.8 Å². The first-order valence-electron chi connectivity index (χ1n) is 7.19. The van der Waals surface area contributed by atoms with Gasteiger partial charge in [-0.3, -0.25) is 0 Å². The van der Waals surface area contributed by atoms with Crippen molar-refractivity contribution < 1.29 is 4.74 Å². The zero-order chi connectivity index (χ0) is 14.2. The Morgan fingerprint density at radius 1 is 1.35 bits per heavy atom.